The number of carboxylic acids is 1. The Bertz CT molecular complexity index is 1190. The van der Waals surface area contributed by atoms with E-state index in [4.69, 9.17) is 9.52 Å². The normalized spacial score (nSPS) is 17.9. The van der Waals surface area contributed by atoms with Crippen molar-refractivity contribution < 1.29 is 32.3 Å². The molecule has 178 valence electrons. The van der Waals surface area contributed by atoms with Crippen molar-refractivity contribution in [1.29, 1.82) is 0 Å². The molecule has 1 aromatic carbocycles. The number of hydrogen-bond acceptors (Lipinski definition) is 7. The van der Waals surface area contributed by atoms with Crippen molar-refractivity contribution in [1.82, 2.24) is 15.2 Å². The van der Waals surface area contributed by atoms with Gasteiger partial charge in [-0.3, -0.25) is 14.6 Å². The minimum absolute atomic E-state index is 0.188. The summed E-state index contributed by atoms with van der Waals surface area (Å²) < 4.78 is 45.2. The third-order valence-corrected chi connectivity index (χ3v) is 5.64. The molecule has 0 saturated heterocycles. The molecule has 2 aromatic heterocycles. The number of anilines is 3. The molecule has 3 aromatic rings. The van der Waals surface area contributed by atoms with Gasteiger partial charge in [0.25, 0.3) is 0 Å². The second-order valence-electron chi connectivity index (χ2n) is 8.02. The Balaban J connectivity index is 1.33. The molecule has 0 spiro atoms. The number of carboxylic acid groups (broad SMARTS) is 1. The molecule has 1 amide bonds. The van der Waals surface area contributed by atoms with Crippen LogP contribution in [0.15, 0.2) is 34.9 Å². The first-order chi connectivity index (χ1) is 16.3. The van der Waals surface area contributed by atoms with Crippen LogP contribution in [0.25, 0.3) is 0 Å². The number of carbonyl (C=O) groups excluding carboxylic acids is 1. The molecule has 4 rings (SSSR count). The summed E-state index contributed by atoms with van der Waals surface area (Å²) in [4.78, 5) is 27.6. The minimum Gasteiger partial charge on any atom is -0.481 e. The van der Waals surface area contributed by atoms with Crippen LogP contribution >= 0.6 is 0 Å². The van der Waals surface area contributed by atoms with E-state index in [1.165, 1.54) is 6.20 Å². The Kier molecular flexibility index (Phi) is 6.75. The summed E-state index contributed by atoms with van der Waals surface area (Å²) in [5.41, 5.74) is 0.809. The first-order valence-corrected chi connectivity index (χ1v) is 10.5. The van der Waals surface area contributed by atoms with Crippen molar-refractivity contribution in [3.8, 4) is 0 Å². The molecule has 3 N–H and O–H groups in total. The predicted octanol–water partition coefficient (Wildman–Crippen LogP) is 4.63. The van der Waals surface area contributed by atoms with E-state index in [0.29, 0.717) is 17.8 Å². The number of halogens is 3. The third kappa shape index (κ3) is 5.50. The topological polar surface area (TPSA) is 130 Å². The van der Waals surface area contributed by atoms with Crippen molar-refractivity contribution in [2.45, 2.75) is 38.0 Å². The van der Waals surface area contributed by atoms with Crippen LogP contribution in [0.3, 0.4) is 0 Å². The van der Waals surface area contributed by atoms with Crippen LogP contribution < -0.4 is 10.6 Å². The number of pyridine rings is 1. The van der Waals surface area contributed by atoms with Gasteiger partial charge in [-0.1, -0.05) is 5.10 Å². The fourth-order valence-corrected chi connectivity index (χ4v) is 3.91. The molecule has 1 fully saturated rings. The number of rotatable bonds is 7. The maximum atomic E-state index is 13.7. The smallest absolute Gasteiger partial charge is 0.320 e. The molecule has 1 aliphatic carbocycles. The highest BCUT2D eigenvalue weighted by Crippen LogP contribution is 2.36. The van der Waals surface area contributed by atoms with Gasteiger partial charge in [-0.15, -0.1) is 5.10 Å². The summed E-state index contributed by atoms with van der Waals surface area (Å²) in [5.74, 6) is -5.23. The summed E-state index contributed by atoms with van der Waals surface area (Å²) in [5, 5.41) is 20.9. The number of amides is 1. The van der Waals surface area contributed by atoms with E-state index in [-0.39, 0.29) is 24.3 Å². The number of nitrogens with one attached hydrogen (secondary N) is 2. The van der Waals surface area contributed by atoms with Crippen molar-refractivity contribution in [3.63, 3.8) is 0 Å². The van der Waals surface area contributed by atoms with Crippen LogP contribution in [0.5, 0.6) is 0 Å². The summed E-state index contributed by atoms with van der Waals surface area (Å²) in [6.07, 6.45) is 5.05. The van der Waals surface area contributed by atoms with Crippen LogP contribution in [-0.2, 0) is 4.79 Å². The van der Waals surface area contributed by atoms with Gasteiger partial charge in [0.05, 0.1) is 17.6 Å². The molecule has 2 heterocycles. The molecule has 1 saturated carbocycles. The molecule has 0 atom stereocenters. The summed E-state index contributed by atoms with van der Waals surface area (Å²) >= 11 is 0. The van der Waals surface area contributed by atoms with Gasteiger partial charge in [0.1, 0.15) is 5.82 Å². The van der Waals surface area contributed by atoms with Gasteiger partial charge in [0, 0.05) is 30.2 Å². The molecule has 1 aliphatic rings. The van der Waals surface area contributed by atoms with E-state index < -0.39 is 40.9 Å². The van der Waals surface area contributed by atoms with E-state index in [1.54, 1.807) is 12.1 Å². The van der Waals surface area contributed by atoms with Gasteiger partial charge in [-0.05, 0) is 43.7 Å². The number of hydrogen-bond donors (Lipinski definition) is 3. The molecule has 34 heavy (non-hydrogen) atoms. The molecular formula is C22H20F3N5O4. The average Bonchev–Trinajstić information content (AvgIpc) is 3.27. The molecule has 12 heteroatoms. The number of aromatic nitrogens is 3. The zero-order valence-electron chi connectivity index (χ0n) is 17.7. The van der Waals surface area contributed by atoms with Crippen molar-refractivity contribution in [3.05, 3.63) is 59.5 Å². The fraction of sp³-hybridized carbons (Fsp3) is 0.318. The van der Waals surface area contributed by atoms with Crippen LogP contribution in [0, 0.1) is 23.4 Å². The van der Waals surface area contributed by atoms with Gasteiger partial charge in [0.2, 0.25) is 0 Å². The lowest BCUT2D eigenvalue weighted by Crippen LogP contribution is -2.17. The highest BCUT2D eigenvalue weighted by molar-refractivity contribution is 6.00. The van der Waals surface area contributed by atoms with Crippen LogP contribution in [-0.4, -0.2) is 32.2 Å². The van der Waals surface area contributed by atoms with E-state index >= 15 is 0 Å². The number of aliphatic carboxylic acids is 1. The lowest BCUT2D eigenvalue weighted by atomic mass is 9.79. The van der Waals surface area contributed by atoms with Gasteiger partial charge in [-0.25, -0.2) is 13.2 Å². The Hall–Kier alpha value is -3.96. The van der Waals surface area contributed by atoms with Crippen molar-refractivity contribution in [2.24, 2.45) is 5.92 Å². The summed E-state index contributed by atoms with van der Waals surface area (Å²) in [6, 6.07) is 4.03. The Morgan fingerprint density at radius 3 is 2.44 bits per heavy atom. The van der Waals surface area contributed by atoms with Crippen LogP contribution in [0.2, 0.25) is 0 Å². The van der Waals surface area contributed by atoms with Gasteiger partial charge in [-0.2, -0.15) is 0 Å². The zero-order valence-corrected chi connectivity index (χ0v) is 17.7. The molecule has 0 radical (unpaired) electrons. The quantitative estimate of drug-likeness (QED) is 0.422. The maximum Gasteiger partial charge on any atom is 0.320 e. The monoisotopic (exact) mass is 475 g/mol. The number of carbonyl (C=O) groups is 2. The van der Waals surface area contributed by atoms with Crippen molar-refractivity contribution >= 4 is 29.3 Å². The van der Waals surface area contributed by atoms with Gasteiger partial charge in [0.15, 0.2) is 11.6 Å². The average molecular weight is 475 g/mol. The van der Waals surface area contributed by atoms with Crippen LogP contribution in [0.1, 0.15) is 54.4 Å². The first kappa shape index (κ1) is 23.2. The van der Waals surface area contributed by atoms with Crippen molar-refractivity contribution in [2.75, 3.05) is 10.6 Å². The van der Waals surface area contributed by atoms with E-state index in [0.717, 1.165) is 31.4 Å². The number of nitrogens with zero attached hydrogens (tertiary/aromatic N) is 3. The SMILES string of the molecule is O=C(O)C[C@H]1CC[C@H](c2ccc(NC(=O)c3nnc(Nc4cc(F)c(F)cc4F)o3)cn2)CC1. The predicted molar refractivity (Wildman–Crippen MR) is 113 cm³/mol. The summed E-state index contributed by atoms with van der Waals surface area (Å²) in [6.45, 7) is 0. The standard InChI is InChI=1S/C22H20F3N5O4/c23-14-8-16(25)18(9-15(14)24)28-22-30-29-21(34-22)20(33)27-13-5-6-17(26-10-13)12-3-1-11(2-4-12)7-19(31)32/h5-6,8-12H,1-4,7H2,(H,27,33)(H,28,30)(H,31,32)/t11-,12-. The Labute approximate surface area is 191 Å². The summed E-state index contributed by atoms with van der Waals surface area (Å²) in [7, 11) is 0. The van der Waals surface area contributed by atoms with E-state index in [1.807, 2.05) is 0 Å². The minimum atomic E-state index is -1.35. The maximum absolute atomic E-state index is 13.7. The molecular weight excluding hydrogens is 455 g/mol. The van der Waals surface area contributed by atoms with Crippen LogP contribution in [0.4, 0.5) is 30.6 Å². The second kappa shape index (κ2) is 9.89. The molecule has 0 unspecified atom stereocenters. The Morgan fingerprint density at radius 2 is 1.76 bits per heavy atom. The zero-order chi connectivity index (χ0) is 24.2. The van der Waals surface area contributed by atoms with Gasteiger partial charge < -0.3 is 20.2 Å². The molecule has 9 nitrogen and oxygen atoms in total. The fourth-order valence-electron chi connectivity index (χ4n) is 3.91. The highest BCUT2D eigenvalue weighted by Gasteiger charge is 2.25. The molecule has 0 bridgehead atoms. The van der Waals surface area contributed by atoms with E-state index in [9.17, 15) is 22.8 Å². The first-order valence-electron chi connectivity index (χ1n) is 10.5. The third-order valence-electron chi connectivity index (χ3n) is 5.64. The largest absolute Gasteiger partial charge is 0.481 e. The second-order valence-corrected chi connectivity index (χ2v) is 8.02. The Morgan fingerprint density at radius 1 is 1.03 bits per heavy atom. The lowest BCUT2D eigenvalue weighted by molar-refractivity contribution is -0.138. The number of benzene rings is 1. The lowest BCUT2D eigenvalue weighted by Gasteiger charge is -2.27. The van der Waals surface area contributed by atoms with Gasteiger partial charge >= 0.3 is 23.8 Å². The highest BCUT2D eigenvalue weighted by atomic mass is 19.2. The molecule has 0 aliphatic heterocycles. The van der Waals surface area contributed by atoms with E-state index in [2.05, 4.69) is 25.8 Å².